The number of hydrogen-bond acceptors (Lipinski definition) is 4. The van der Waals surface area contributed by atoms with Crippen LogP contribution in [-0.4, -0.2) is 11.9 Å². The molecule has 0 radical (unpaired) electrons. The smallest absolute Gasteiger partial charge is 0.363 e. The molecule has 1 aromatic heterocycles. The highest BCUT2D eigenvalue weighted by Crippen LogP contribution is 2.25. The second-order valence-corrected chi connectivity index (χ2v) is 5.84. The van der Waals surface area contributed by atoms with E-state index in [1.165, 1.54) is 23.5 Å². The van der Waals surface area contributed by atoms with Crippen LogP contribution in [0.3, 0.4) is 0 Å². The van der Waals surface area contributed by atoms with Gasteiger partial charge in [0.15, 0.2) is 5.70 Å². The van der Waals surface area contributed by atoms with E-state index in [0.29, 0.717) is 0 Å². The number of aliphatic imine (C=N–C) groups is 1. The molecule has 0 fully saturated rings. The first-order valence-corrected chi connectivity index (χ1v) is 7.32. The van der Waals surface area contributed by atoms with Gasteiger partial charge in [0.2, 0.25) is 5.90 Å². The molecule has 0 atom stereocenters. The topological polar surface area (TPSA) is 38.7 Å². The number of ether oxygens (including phenoxy) is 1. The molecule has 100 valence electrons. The molecule has 3 rings (SSSR count). The number of cyclic esters (lactones) is 1. The number of hydrogen-bond donors (Lipinski definition) is 0. The SMILES string of the molecule is O=C1OC(c2ccccc2F)=N/C1=C\c1cc(Br)cs1. The lowest BCUT2D eigenvalue weighted by Crippen LogP contribution is -2.07. The number of benzene rings is 1. The highest BCUT2D eigenvalue weighted by molar-refractivity contribution is 9.10. The third-order valence-electron chi connectivity index (χ3n) is 2.59. The second kappa shape index (κ2) is 5.30. The van der Waals surface area contributed by atoms with Gasteiger partial charge in [-0.1, -0.05) is 12.1 Å². The molecule has 1 aromatic carbocycles. The van der Waals surface area contributed by atoms with E-state index in [2.05, 4.69) is 20.9 Å². The zero-order chi connectivity index (χ0) is 14.1. The van der Waals surface area contributed by atoms with Crippen molar-refractivity contribution in [1.82, 2.24) is 0 Å². The molecule has 2 heterocycles. The monoisotopic (exact) mass is 351 g/mol. The molecule has 1 aliphatic heterocycles. The van der Waals surface area contributed by atoms with Gasteiger partial charge in [-0.2, -0.15) is 0 Å². The van der Waals surface area contributed by atoms with E-state index in [4.69, 9.17) is 4.74 Å². The summed E-state index contributed by atoms with van der Waals surface area (Å²) in [5.41, 5.74) is 0.342. The Morgan fingerprint density at radius 2 is 2.15 bits per heavy atom. The normalized spacial score (nSPS) is 16.4. The van der Waals surface area contributed by atoms with Gasteiger partial charge in [-0.15, -0.1) is 11.3 Å². The predicted molar refractivity (Wildman–Crippen MR) is 79.0 cm³/mol. The Kier molecular flexibility index (Phi) is 3.50. The van der Waals surface area contributed by atoms with E-state index >= 15 is 0 Å². The van der Waals surface area contributed by atoms with Crippen molar-refractivity contribution in [2.24, 2.45) is 4.99 Å². The summed E-state index contributed by atoms with van der Waals surface area (Å²) in [5.74, 6) is -1.05. The average Bonchev–Trinajstić information content (AvgIpc) is 2.98. The first kappa shape index (κ1) is 13.2. The van der Waals surface area contributed by atoms with Crippen molar-refractivity contribution in [3.05, 3.63) is 62.1 Å². The van der Waals surface area contributed by atoms with Gasteiger partial charge in [-0.05, 0) is 40.2 Å². The van der Waals surface area contributed by atoms with Gasteiger partial charge < -0.3 is 4.74 Å². The maximum absolute atomic E-state index is 13.6. The zero-order valence-electron chi connectivity index (χ0n) is 9.97. The Labute approximate surface area is 126 Å². The van der Waals surface area contributed by atoms with Gasteiger partial charge >= 0.3 is 5.97 Å². The van der Waals surface area contributed by atoms with Crippen LogP contribution in [-0.2, 0) is 9.53 Å². The van der Waals surface area contributed by atoms with Gasteiger partial charge in [0.1, 0.15) is 5.82 Å². The minimum Gasteiger partial charge on any atom is -0.402 e. The Morgan fingerprint density at radius 1 is 1.35 bits per heavy atom. The third-order valence-corrected chi connectivity index (χ3v) is 4.23. The van der Waals surface area contributed by atoms with Gasteiger partial charge in [0, 0.05) is 14.7 Å². The highest BCUT2D eigenvalue weighted by Gasteiger charge is 2.25. The number of carbonyl (C=O) groups excluding carboxylic acids is 1. The largest absolute Gasteiger partial charge is 0.402 e. The molecule has 6 heteroatoms. The third kappa shape index (κ3) is 2.57. The molecule has 1 aliphatic rings. The van der Waals surface area contributed by atoms with Crippen LogP contribution in [0.4, 0.5) is 4.39 Å². The Balaban J connectivity index is 1.97. The van der Waals surface area contributed by atoms with Crippen molar-refractivity contribution >= 4 is 45.2 Å². The number of carbonyl (C=O) groups is 1. The van der Waals surface area contributed by atoms with Crippen molar-refractivity contribution in [2.45, 2.75) is 0 Å². The van der Waals surface area contributed by atoms with E-state index < -0.39 is 11.8 Å². The summed E-state index contributed by atoms with van der Waals surface area (Å²) in [7, 11) is 0. The Hall–Kier alpha value is -1.79. The molecular weight excluding hydrogens is 345 g/mol. The maximum atomic E-state index is 13.6. The summed E-state index contributed by atoms with van der Waals surface area (Å²) in [6, 6.07) is 7.90. The van der Waals surface area contributed by atoms with Crippen LogP contribution in [0, 0.1) is 5.82 Å². The first-order valence-electron chi connectivity index (χ1n) is 5.65. The fraction of sp³-hybridized carbons (Fsp3) is 0. The quantitative estimate of drug-likeness (QED) is 0.606. The molecule has 2 aromatic rings. The number of thiophene rings is 1. The van der Waals surface area contributed by atoms with E-state index in [0.717, 1.165) is 9.35 Å². The minimum absolute atomic E-state index is 0.00466. The lowest BCUT2D eigenvalue weighted by Gasteiger charge is -1.99. The molecule has 0 saturated carbocycles. The van der Waals surface area contributed by atoms with Crippen LogP contribution in [0.25, 0.3) is 6.08 Å². The van der Waals surface area contributed by atoms with Crippen LogP contribution < -0.4 is 0 Å². The van der Waals surface area contributed by atoms with Crippen molar-refractivity contribution < 1.29 is 13.9 Å². The fourth-order valence-electron chi connectivity index (χ4n) is 1.70. The number of nitrogens with zero attached hydrogens (tertiary/aromatic N) is 1. The summed E-state index contributed by atoms with van der Waals surface area (Å²) >= 11 is 4.80. The Morgan fingerprint density at radius 3 is 2.85 bits per heavy atom. The summed E-state index contributed by atoms with van der Waals surface area (Å²) in [4.78, 5) is 16.7. The van der Waals surface area contributed by atoms with Gasteiger partial charge in [-0.3, -0.25) is 0 Å². The summed E-state index contributed by atoms with van der Waals surface area (Å²) in [5, 5.41) is 1.90. The molecule has 0 unspecified atom stereocenters. The minimum atomic E-state index is -0.576. The molecule has 0 aliphatic carbocycles. The average molecular weight is 352 g/mol. The summed E-state index contributed by atoms with van der Waals surface area (Å²) in [6.07, 6.45) is 1.62. The molecular formula is C14H7BrFNO2S. The van der Waals surface area contributed by atoms with Crippen LogP contribution in [0.5, 0.6) is 0 Å². The number of rotatable bonds is 2. The standard InChI is InChI=1S/C14H7BrFNO2S/c15-8-5-9(20-7-8)6-12-14(18)19-13(17-12)10-3-1-2-4-11(10)16/h1-7H/b12-6-. The lowest BCUT2D eigenvalue weighted by atomic mass is 10.2. The molecule has 0 saturated heterocycles. The summed E-state index contributed by atoms with van der Waals surface area (Å²) < 4.78 is 19.6. The van der Waals surface area contributed by atoms with Crippen LogP contribution >= 0.6 is 27.3 Å². The Bertz CT molecular complexity index is 751. The van der Waals surface area contributed by atoms with E-state index in [1.807, 2.05) is 11.4 Å². The number of halogens is 2. The van der Waals surface area contributed by atoms with E-state index in [1.54, 1.807) is 18.2 Å². The fourth-order valence-corrected chi connectivity index (χ4v) is 3.07. The van der Waals surface area contributed by atoms with Crippen LogP contribution in [0.1, 0.15) is 10.4 Å². The molecule has 3 nitrogen and oxygen atoms in total. The van der Waals surface area contributed by atoms with Gasteiger partial charge in [0.25, 0.3) is 0 Å². The molecule has 0 bridgehead atoms. The van der Waals surface area contributed by atoms with Crippen LogP contribution in [0.15, 0.2) is 50.9 Å². The molecule has 20 heavy (non-hydrogen) atoms. The van der Waals surface area contributed by atoms with Crippen molar-refractivity contribution in [1.29, 1.82) is 0 Å². The number of esters is 1. The van der Waals surface area contributed by atoms with Crippen molar-refractivity contribution in [3.63, 3.8) is 0 Å². The molecule has 0 N–H and O–H groups in total. The molecule has 0 spiro atoms. The maximum Gasteiger partial charge on any atom is 0.363 e. The van der Waals surface area contributed by atoms with Crippen LogP contribution in [0.2, 0.25) is 0 Å². The van der Waals surface area contributed by atoms with Crippen molar-refractivity contribution in [3.8, 4) is 0 Å². The first-order chi connectivity index (χ1) is 9.63. The predicted octanol–water partition coefficient (Wildman–Crippen LogP) is 3.99. The highest BCUT2D eigenvalue weighted by atomic mass is 79.9. The zero-order valence-corrected chi connectivity index (χ0v) is 12.4. The molecule has 0 amide bonds. The van der Waals surface area contributed by atoms with Gasteiger partial charge in [0.05, 0.1) is 5.56 Å². The van der Waals surface area contributed by atoms with Crippen molar-refractivity contribution in [2.75, 3.05) is 0 Å². The summed E-state index contributed by atoms with van der Waals surface area (Å²) in [6.45, 7) is 0. The van der Waals surface area contributed by atoms with E-state index in [9.17, 15) is 9.18 Å². The lowest BCUT2D eigenvalue weighted by molar-refractivity contribution is -0.129. The second-order valence-electron chi connectivity index (χ2n) is 3.98. The van der Waals surface area contributed by atoms with Gasteiger partial charge in [-0.25, -0.2) is 14.2 Å². The van der Waals surface area contributed by atoms with E-state index in [-0.39, 0.29) is 17.2 Å².